The normalized spacial score (nSPS) is 18.1. The molecule has 150 valence electrons. The van der Waals surface area contributed by atoms with Crippen LogP contribution in [0.4, 0.5) is 18.9 Å². The summed E-state index contributed by atoms with van der Waals surface area (Å²) in [4.78, 5) is 0.0390. The SMILES string of the molecule is O=S1(=O)c2ccccc2N[C@H](c2ccc(F)c(F)c2)N1Cc1ccc(F)cc1Cl. The number of hydrogen-bond acceptors (Lipinski definition) is 3. The number of anilines is 1. The Balaban J connectivity index is 1.85. The number of nitrogens with one attached hydrogen (secondary N) is 1. The molecule has 1 N–H and O–H groups in total. The molecule has 4 rings (SSSR count). The van der Waals surface area contributed by atoms with Gasteiger partial charge in [0.2, 0.25) is 10.0 Å². The lowest BCUT2D eigenvalue weighted by Gasteiger charge is -2.37. The number of para-hydroxylation sites is 1. The summed E-state index contributed by atoms with van der Waals surface area (Å²) in [5.41, 5.74) is 0.911. The molecule has 1 aliphatic heterocycles. The van der Waals surface area contributed by atoms with Crippen LogP contribution in [0.5, 0.6) is 0 Å². The third kappa shape index (κ3) is 3.59. The molecule has 3 aromatic rings. The zero-order chi connectivity index (χ0) is 20.8. The number of halogens is 4. The van der Waals surface area contributed by atoms with Crippen LogP contribution in [-0.4, -0.2) is 12.7 Å². The van der Waals surface area contributed by atoms with Crippen molar-refractivity contribution >= 4 is 27.3 Å². The number of sulfonamides is 1. The molecular weight excluding hydrogens is 425 g/mol. The molecule has 9 heteroatoms. The molecule has 4 nitrogen and oxygen atoms in total. The second-order valence-corrected chi connectivity index (χ2v) is 8.77. The van der Waals surface area contributed by atoms with Crippen molar-refractivity contribution < 1.29 is 21.6 Å². The van der Waals surface area contributed by atoms with Crippen LogP contribution in [0.3, 0.4) is 0 Å². The Morgan fingerprint density at radius 1 is 0.966 bits per heavy atom. The first kappa shape index (κ1) is 19.8. The summed E-state index contributed by atoms with van der Waals surface area (Å²) in [6.45, 7) is -0.202. The Bertz CT molecular complexity index is 1200. The molecule has 0 unspecified atom stereocenters. The molecule has 0 aromatic heterocycles. The predicted octanol–water partition coefficient (Wildman–Crippen LogP) is 5.07. The number of fused-ring (bicyclic) bond motifs is 1. The fraction of sp³-hybridized carbons (Fsp3) is 0.100. The van der Waals surface area contributed by atoms with Gasteiger partial charge in [0.15, 0.2) is 11.6 Å². The molecule has 0 fully saturated rings. The molecule has 0 spiro atoms. The van der Waals surface area contributed by atoms with Crippen molar-refractivity contribution in [2.75, 3.05) is 5.32 Å². The Hall–Kier alpha value is -2.55. The van der Waals surface area contributed by atoms with Crippen molar-refractivity contribution in [3.05, 3.63) is 94.3 Å². The summed E-state index contributed by atoms with van der Waals surface area (Å²) < 4.78 is 68.4. The van der Waals surface area contributed by atoms with Gasteiger partial charge in [-0.15, -0.1) is 0 Å². The van der Waals surface area contributed by atoms with Crippen LogP contribution in [0.15, 0.2) is 65.6 Å². The van der Waals surface area contributed by atoms with E-state index in [1.54, 1.807) is 18.2 Å². The highest BCUT2D eigenvalue weighted by atomic mass is 35.5. The van der Waals surface area contributed by atoms with Crippen LogP contribution >= 0.6 is 11.6 Å². The van der Waals surface area contributed by atoms with Crippen LogP contribution < -0.4 is 5.32 Å². The fourth-order valence-electron chi connectivity index (χ4n) is 3.22. The van der Waals surface area contributed by atoms with Gasteiger partial charge in [0, 0.05) is 11.6 Å². The highest BCUT2D eigenvalue weighted by Crippen LogP contribution is 2.40. The van der Waals surface area contributed by atoms with Crippen molar-refractivity contribution in [3.63, 3.8) is 0 Å². The molecule has 0 amide bonds. The molecule has 0 bridgehead atoms. The van der Waals surface area contributed by atoms with Gasteiger partial charge in [-0.1, -0.05) is 35.9 Å². The van der Waals surface area contributed by atoms with Crippen LogP contribution in [0.25, 0.3) is 0 Å². The van der Waals surface area contributed by atoms with Gasteiger partial charge in [-0.3, -0.25) is 0 Å². The lowest BCUT2D eigenvalue weighted by atomic mass is 10.1. The Morgan fingerprint density at radius 2 is 1.72 bits per heavy atom. The van der Waals surface area contributed by atoms with E-state index in [0.29, 0.717) is 11.3 Å². The van der Waals surface area contributed by atoms with E-state index >= 15 is 0 Å². The maximum absolute atomic E-state index is 13.9. The minimum absolute atomic E-state index is 0.0390. The van der Waals surface area contributed by atoms with Gasteiger partial charge in [-0.05, 0) is 47.5 Å². The fourth-order valence-corrected chi connectivity index (χ4v) is 5.12. The summed E-state index contributed by atoms with van der Waals surface area (Å²) >= 11 is 6.09. The largest absolute Gasteiger partial charge is 0.364 e. The summed E-state index contributed by atoms with van der Waals surface area (Å²) in [6, 6.07) is 13.1. The first-order valence-electron chi connectivity index (χ1n) is 8.53. The second-order valence-electron chi connectivity index (χ2n) is 6.50. The van der Waals surface area contributed by atoms with Gasteiger partial charge in [-0.2, -0.15) is 4.31 Å². The molecule has 0 aliphatic carbocycles. The average Bonchev–Trinajstić information content (AvgIpc) is 2.68. The maximum atomic E-state index is 13.9. The van der Waals surface area contributed by atoms with E-state index in [9.17, 15) is 21.6 Å². The predicted molar refractivity (Wildman–Crippen MR) is 103 cm³/mol. The van der Waals surface area contributed by atoms with Crippen LogP contribution in [0.1, 0.15) is 17.3 Å². The molecule has 1 heterocycles. The highest BCUT2D eigenvalue weighted by molar-refractivity contribution is 7.89. The first-order chi connectivity index (χ1) is 13.8. The average molecular weight is 439 g/mol. The van der Waals surface area contributed by atoms with E-state index in [2.05, 4.69) is 5.32 Å². The highest BCUT2D eigenvalue weighted by Gasteiger charge is 2.39. The molecule has 0 saturated heterocycles. The topological polar surface area (TPSA) is 49.4 Å². The standard InChI is InChI=1S/C20H14ClF3N2O2S/c21-15-10-14(22)7-5-13(15)11-26-20(12-6-8-16(23)17(24)9-12)25-18-3-1-2-4-19(18)29(26,27)28/h1-10,20,25H,11H2/t20-/m0/s1. The quantitative estimate of drug-likeness (QED) is 0.621. The van der Waals surface area contributed by atoms with Gasteiger partial charge in [0.25, 0.3) is 0 Å². The van der Waals surface area contributed by atoms with E-state index in [0.717, 1.165) is 22.5 Å². The van der Waals surface area contributed by atoms with E-state index in [4.69, 9.17) is 11.6 Å². The molecule has 1 aliphatic rings. The second kappa shape index (κ2) is 7.37. The number of hydrogen-bond donors (Lipinski definition) is 1. The van der Waals surface area contributed by atoms with Crippen molar-refractivity contribution in [1.29, 1.82) is 0 Å². The smallest absolute Gasteiger partial charge is 0.247 e. The van der Waals surface area contributed by atoms with Gasteiger partial charge >= 0.3 is 0 Å². The van der Waals surface area contributed by atoms with Crippen LogP contribution in [0, 0.1) is 17.5 Å². The summed E-state index contributed by atoms with van der Waals surface area (Å²) in [7, 11) is -4.03. The summed E-state index contributed by atoms with van der Waals surface area (Å²) in [5, 5.41) is 3.12. The number of benzene rings is 3. The third-order valence-corrected chi connectivity index (χ3v) is 6.88. The minimum atomic E-state index is -4.03. The summed E-state index contributed by atoms with van der Waals surface area (Å²) in [5.74, 6) is -2.69. The molecular formula is C20H14ClF3N2O2S. The van der Waals surface area contributed by atoms with E-state index in [1.807, 2.05) is 0 Å². The zero-order valence-electron chi connectivity index (χ0n) is 14.7. The monoisotopic (exact) mass is 438 g/mol. The summed E-state index contributed by atoms with van der Waals surface area (Å²) in [6.07, 6.45) is -1.02. The van der Waals surface area contributed by atoms with Crippen LogP contribution in [0.2, 0.25) is 5.02 Å². The number of nitrogens with zero attached hydrogens (tertiary/aromatic N) is 1. The maximum Gasteiger partial charge on any atom is 0.247 e. The van der Waals surface area contributed by atoms with Gasteiger partial charge in [0.1, 0.15) is 16.9 Å². The Morgan fingerprint density at radius 3 is 2.45 bits per heavy atom. The molecule has 3 aromatic carbocycles. The van der Waals surface area contributed by atoms with E-state index < -0.39 is 33.6 Å². The molecule has 29 heavy (non-hydrogen) atoms. The third-order valence-electron chi connectivity index (χ3n) is 4.65. The molecule has 0 saturated carbocycles. The molecule has 0 radical (unpaired) electrons. The van der Waals surface area contributed by atoms with Gasteiger partial charge in [-0.25, -0.2) is 21.6 Å². The first-order valence-corrected chi connectivity index (χ1v) is 10.4. The lowest BCUT2D eigenvalue weighted by molar-refractivity contribution is 0.334. The van der Waals surface area contributed by atoms with Crippen molar-refractivity contribution in [1.82, 2.24) is 4.31 Å². The van der Waals surface area contributed by atoms with E-state index in [1.165, 1.54) is 24.3 Å². The van der Waals surface area contributed by atoms with Gasteiger partial charge in [0.05, 0.1) is 5.69 Å². The Kier molecular flexibility index (Phi) is 5.02. The Labute approximate surface area is 170 Å². The lowest BCUT2D eigenvalue weighted by Crippen LogP contribution is -2.42. The van der Waals surface area contributed by atoms with Crippen LogP contribution in [-0.2, 0) is 16.6 Å². The molecule has 1 atom stereocenters. The van der Waals surface area contributed by atoms with Crippen molar-refractivity contribution in [2.24, 2.45) is 0 Å². The van der Waals surface area contributed by atoms with Gasteiger partial charge < -0.3 is 5.32 Å². The van der Waals surface area contributed by atoms with Crippen molar-refractivity contribution in [2.45, 2.75) is 17.6 Å². The zero-order valence-corrected chi connectivity index (χ0v) is 16.3. The number of rotatable bonds is 3. The van der Waals surface area contributed by atoms with E-state index in [-0.39, 0.29) is 22.0 Å². The minimum Gasteiger partial charge on any atom is -0.364 e. The van der Waals surface area contributed by atoms with Crippen molar-refractivity contribution in [3.8, 4) is 0 Å².